The van der Waals surface area contributed by atoms with E-state index in [2.05, 4.69) is 37.9 Å². The predicted octanol–water partition coefficient (Wildman–Crippen LogP) is 2.79. The molecule has 2 rings (SSSR count). The standard InChI is InChI=1S/C13H14N2S/c1-7-4-9(3)12-10(5-7)8(2)6-11(15-12)13(14)16/h4-6H,1-3H3,(H2,14,16). The predicted molar refractivity (Wildman–Crippen MR) is 71.8 cm³/mol. The van der Waals surface area contributed by atoms with Crippen molar-refractivity contribution in [2.24, 2.45) is 5.73 Å². The lowest BCUT2D eigenvalue weighted by Gasteiger charge is -2.08. The van der Waals surface area contributed by atoms with Crippen LogP contribution in [0, 0.1) is 20.8 Å². The number of rotatable bonds is 1. The number of nitrogens with two attached hydrogens (primary N) is 1. The summed E-state index contributed by atoms with van der Waals surface area (Å²) < 4.78 is 0. The SMILES string of the molecule is Cc1cc(C)c2nc(C(N)=S)cc(C)c2c1. The molecule has 0 bridgehead atoms. The van der Waals surface area contributed by atoms with Gasteiger partial charge >= 0.3 is 0 Å². The van der Waals surface area contributed by atoms with Crippen molar-refractivity contribution in [1.82, 2.24) is 4.98 Å². The van der Waals surface area contributed by atoms with E-state index in [1.54, 1.807) is 0 Å². The summed E-state index contributed by atoms with van der Waals surface area (Å²) in [4.78, 5) is 4.86. The highest BCUT2D eigenvalue weighted by Crippen LogP contribution is 2.22. The molecule has 0 radical (unpaired) electrons. The molecule has 0 atom stereocenters. The van der Waals surface area contributed by atoms with E-state index in [4.69, 9.17) is 18.0 Å². The van der Waals surface area contributed by atoms with Crippen LogP contribution in [0.15, 0.2) is 18.2 Å². The second-order valence-electron chi connectivity index (χ2n) is 4.17. The van der Waals surface area contributed by atoms with Gasteiger partial charge in [-0.05, 0) is 44.0 Å². The van der Waals surface area contributed by atoms with Gasteiger partial charge in [0.1, 0.15) is 4.99 Å². The molecule has 0 unspecified atom stereocenters. The van der Waals surface area contributed by atoms with Crippen LogP contribution in [0.3, 0.4) is 0 Å². The number of hydrogen-bond acceptors (Lipinski definition) is 2. The number of nitrogens with zero attached hydrogens (tertiary/aromatic N) is 1. The molecule has 2 aromatic rings. The number of benzene rings is 1. The van der Waals surface area contributed by atoms with E-state index in [0.717, 1.165) is 11.1 Å². The molecule has 0 saturated carbocycles. The molecule has 1 aromatic heterocycles. The maximum absolute atomic E-state index is 5.62. The third-order valence-corrected chi connectivity index (χ3v) is 2.92. The monoisotopic (exact) mass is 230 g/mol. The summed E-state index contributed by atoms with van der Waals surface area (Å²) in [5, 5.41) is 1.18. The molecule has 3 heteroatoms. The number of aryl methyl sites for hydroxylation is 3. The van der Waals surface area contributed by atoms with E-state index in [9.17, 15) is 0 Å². The van der Waals surface area contributed by atoms with Crippen molar-refractivity contribution in [3.8, 4) is 0 Å². The Morgan fingerprint density at radius 1 is 1.12 bits per heavy atom. The highest BCUT2D eigenvalue weighted by Gasteiger charge is 2.07. The molecule has 1 heterocycles. The van der Waals surface area contributed by atoms with Gasteiger partial charge in [0.05, 0.1) is 11.2 Å². The number of aromatic nitrogens is 1. The summed E-state index contributed by atoms with van der Waals surface area (Å²) in [5.41, 5.74) is 10.9. The third kappa shape index (κ3) is 1.78. The van der Waals surface area contributed by atoms with Crippen molar-refractivity contribution in [2.75, 3.05) is 0 Å². The maximum atomic E-state index is 5.62. The van der Waals surface area contributed by atoms with Gasteiger partial charge in [0.15, 0.2) is 0 Å². The fraction of sp³-hybridized carbons (Fsp3) is 0.231. The van der Waals surface area contributed by atoms with Crippen molar-refractivity contribution in [3.05, 3.63) is 40.6 Å². The number of hydrogen-bond donors (Lipinski definition) is 1. The molecular weight excluding hydrogens is 216 g/mol. The van der Waals surface area contributed by atoms with Crippen LogP contribution in [0.25, 0.3) is 10.9 Å². The van der Waals surface area contributed by atoms with Crippen LogP contribution in [-0.2, 0) is 0 Å². The third-order valence-electron chi connectivity index (χ3n) is 2.71. The Morgan fingerprint density at radius 2 is 1.81 bits per heavy atom. The van der Waals surface area contributed by atoms with Crippen LogP contribution < -0.4 is 5.73 Å². The van der Waals surface area contributed by atoms with Gasteiger partial charge in [-0.2, -0.15) is 0 Å². The molecular formula is C13H14N2S. The minimum absolute atomic E-state index is 0.352. The first kappa shape index (κ1) is 11.0. The number of fused-ring (bicyclic) bond motifs is 1. The van der Waals surface area contributed by atoms with Gasteiger partial charge in [-0.25, -0.2) is 4.98 Å². The Kier molecular flexibility index (Phi) is 2.64. The van der Waals surface area contributed by atoms with Crippen molar-refractivity contribution in [1.29, 1.82) is 0 Å². The van der Waals surface area contributed by atoms with Crippen molar-refractivity contribution in [2.45, 2.75) is 20.8 Å². The largest absolute Gasteiger partial charge is 0.388 e. The number of pyridine rings is 1. The van der Waals surface area contributed by atoms with Gasteiger partial charge < -0.3 is 5.73 Å². The summed E-state index contributed by atoms with van der Waals surface area (Å²) in [6.07, 6.45) is 0. The highest BCUT2D eigenvalue weighted by molar-refractivity contribution is 7.80. The fourth-order valence-electron chi connectivity index (χ4n) is 1.97. The maximum Gasteiger partial charge on any atom is 0.122 e. The van der Waals surface area contributed by atoms with Gasteiger partial charge in [-0.1, -0.05) is 23.8 Å². The lowest BCUT2D eigenvalue weighted by Crippen LogP contribution is -2.12. The molecule has 1 aromatic carbocycles. The Labute approximate surface area is 100 Å². The quantitative estimate of drug-likeness (QED) is 0.766. The molecule has 2 nitrogen and oxygen atoms in total. The molecule has 0 spiro atoms. The van der Waals surface area contributed by atoms with E-state index in [1.807, 2.05) is 6.07 Å². The first-order chi connectivity index (χ1) is 7.49. The van der Waals surface area contributed by atoms with Gasteiger partial charge in [0.2, 0.25) is 0 Å². The first-order valence-electron chi connectivity index (χ1n) is 5.17. The molecule has 0 aliphatic carbocycles. The van der Waals surface area contributed by atoms with E-state index < -0.39 is 0 Å². The van der Waals surface area contributed by atoms with Crippen LogP contribution >= 0.6 is 12.2 Å². The van der Waals surface area contributed by atoms with Crippen molar-refractivity contribution >= 4 is 28.1 Å². The average molecular weight is 230 g/mol. The summed E-state index contributed by atoms with van der Waals surface area (Å²) in [6.45, 7) is 6.21. The zero-order valence-corrected chi connectivity index (χ0v) is 10.5. The zero-order chi connectivity index (χ0) is 11.9. The van der Waals surface area contributed by atoms with E-state index in [1.165, 1.54) is 16.5 Å². The van der Waals surface area contributed by atoms with E-state index in [-0.39, 0.29) is 0 Å². The second-order valence-corrected chi connectivity index (χ2v) is 4.61. The summed E-state index contributed by atoms with van der Waals surface area (Å²) in [7, 11) is 0. The zero-order valence-electron chi connectivity index (χ0n) is 9.66. The summed E-state index contributed by atoms with van der Waals surface area (Å²) in [5.74, 6) is 0. The fourth-order valence-corrected chi connectivity index (χ4v) is 2.08. The van der Waals surface area contributed by atoms with Crippen LogP contribution in [0.5, 0.6) is 0 Å². The number of thiocarbonyl (C=S) groups is 1. The lowest BCUT2D eigenvalue weighted by molar-refractivity contribution is 1.29. The topological polar surface area (TPSA) is 38.9 Å². The van der Waals surface area contributed by atoms with Crippen LogP contribution in [0.4, 0.5) is 0 Å². The Hall–Kier alpha value is -1.48. The second kappa shape index (κ2) is 3.83. The molecule has 0 amide bonds. The minimum Gasteiger partial charge on any atom is -0.388 e. The molecule has 82 valence electrons. The van der Waals surface area contributed by atoms with Gasteiger partial charge in [-0.3, -0.25) is 0 Å². The van der Waals surface area contributed by atoms with E-state index in [0.29, 0.717) is 10.7 Å². The molecule has 0 aliphatic rings. The van der Waals surface area contributed by atoms with Crippen LogP contribution in [-0.4, -0.2) is 9.97 Å². The Bertz CT molecular complexity index is 588. The molecule has 0 saturated heterocycles. The van der Waals surface area contributed by atoms with Crippen molar-refractivity contribution in [3.63, 3.8) is 0 Å². The minimum atomic E-state index is 0.352. The normalized spacial score (nSPS) is 10.7. The van der Waals surface area contributed by atoms with E-state index >= 15 is 0 Å². The highest BCUT2D eigenvalue weighted by atomic mass is 32.1. The first-order valence-corrected chi connectivity index (χ1v) is 5.58. The smallest absolute Gasteiger partial charge is 0.122 e. The van der Waals surface area contributed by atoms with Crippen LogP contribution in [0.2, 0.25) is 0 Å². The molecule has 0 fully saturated rings. The van der Waals surface area contributed by atoms with Crippen LogP contribution in [0.1, 0.15) is 22.4 Å². The lowest BCUT2D eigenvalue weighted by atomic mass is 10.0. The summed E-state index contributed by atoms with van der Waals surface area (Å²) >= 11 is 4.97. The molecule has 0 aliphatic heterocycles. The molecule has 2 N–H and O–H groups in total. The van der Waals surface area contributed by atoms with Gasteiger partial charge in [0, 0.05) is 5.39 Å². The van der Waals surface area contributed by atoms with Gasteiger partial charge in [0.25, 0.3) is 0 Å². The van der Waals surface area contributed by atoms with Gasteiger partial charge in [-0.15, -0.1) is 0 Å². The average Bonchev–Trinajstić information content (AvgIpc) is 2.19. The Balaban J connectivity index is 2.87. The summed E-state index contributed by atoms with van der Waals surface area (Å²) in [6, 6.07) is 6.22. The molecule has 16 heavy (non-hydrogen) atoms. The Morgan fingerprint density at radius 3 is 2.44 bits per heavy atom. The van der Waals surface area contributed by atoms with Crippen molar-refractivity contribution < 1.29 is 0 Å².